The maximum atomic E-state index is 11.7. The van der Waals surface area contributed by atoms with E-state index in [2.05, 4.69) is 21.2 Å². The summed E-state index contributed by atoms with van der Waals surface area (Å²) in [5, 5.41) is 4.47. The minimum atomic E-state index is 0.309. The Morgan fingerprint density at radius 3 is 2.62 bits per heavy atom. The van der Waals surface area contributed by atoms with Crippen LogP contribution < -0.4 is 5.32 Å². The van der Waals surface area contributed by atoms with Crippen molar-refractivity contribution in [2.75, 3.05) is 31.6 Å². The highest BCUT2D eigenvalue weighted by Crippen LogP contribution is 2.13. The average molecular weight is 291 g/mol. The second-order valence-corrected chi connectivity index (χ2v) is 5.34. The molecule has 0 aromatic carbocycles. The molecule has 0 radical (unpaired) electrons. The van der Waals surface area contributed by atoms with Gasteiger partial charge in [-0.25, -0.2) is 0 Å². The maximum absolute atomic E-state index is 11.7. The first-order valence-corrected chi connectivity index (χ1v) is 7.09. The van der Waals surface area contributed by atoms with E-state index < -0.39 is 0 Å². The number of nitrogens with zero attached hydrogens (tertiary/aromatic N) is 1. The Balaban J connectivity index is 1.54. The molecule has 0 aromatic rings. The predicted octanol–water partition coefficient (Wildman–Crippen LogP) is 0.751. The molecule has 0 unspecified atom stereocenters. The van der Waals surface area contributed by atoms with Gasteiger partial charge in [-0.3, -0.25) is 4.79 Å². The monoisotopic (exact) mass is 290 g/mol. The Morgan fingerprint density at radius 1 is 1.31 bits per heavy atom. The number of hydrogen-bond acceptors (Lipinski definition) is 3. The zero-order chi connectivity index (χ0) is 11.4. The van der Waals surface area contributed by atoms with Crippen LogP contribution in [0.2, 0.25) is 0 Å². The Bertz CT molecular complexity index is 240. The number of carbonyl (C=O) groups is 1. The molecule has 0 bridgehead atoms. The minimum absolute atomic E-state index is 0.309. The molecule has 2 rings (SSSR count). The van der Waals surface area contributed by atoms with Crippen LogP contribution in [-0.2, 0) is 9.53 Å². The third kappa shape index (κ3) is 3.18. The summed E-state index contributed by atoms with van der Waals surface area (Å²) >= 11 is 3.37. The highest BCUT2D eigenvalue weighted by atomic mass is 79.9. The van der Waals surface area contributed by atoms with Crippen molar-refractivity contribution in [2.24, 2.45) is 0 Å². The second-order valence-electron chi connectivity index (χ2n) is 4.54. The topological polar surface area (TPSA) is 41.6 Å². The molecule has 92 valence electrons. The molecule has 0 atom stereocenters. The SMILES string of the molecule is O=C(CCCCBr)N1CC(NC2COC2)C1. The largest absolute Gasteiger partial charge is 0.378 e. The van der Waals surface area contributed by atoms with Gasteiger partial charge in [-0.15, -0.1) is 0 Å². The van der Waals surface area contributed by atoms with Crippen LogP contribution in [0.1, 0.15) is 19.3 Å². The molecule has 2 fully saturated rings. The molecule has 0 aliphatic carbocycles. The normalized spacial score (nSPS) is 21.7. The van der Waals surface area contributed by atoms with E-state index in [0.29, 0.717) is 24.4 Å². The van der Waals surface area contributed by atoms with Gasteiger partial charge < -0.3 is 15.0 Å². The van der Waals surface area contributed by atoms with Gasteiger partial charge in [0.05, 0.1) is 19.3 Å². The summed E-state index contributed by atoms with van der Waals surface area (Å²) in [6, 6.07) is 1.02. The molecule has 5 heteroatoms. The van der Waals surface area contributed by atoms with Crippen LogP contribution in [0, 0.1) is 0 Å². The van der Waals surface area contributed by atoms with Crippen molar-refractivity contribution >= 4 is 21.8 Å². The Kier molecular flexibility index (Phi) is 4.61. The lowest BCUT2D eigenvalue weighted by molar-refractivity contribution is -0.136. The summed E-state index contributed by atoms with van der Waals surface area (Å²) in [6.07, 6.45) is 2.78. The summed E-state index contributed by atoms with van der Waals surface area (Å²) in [6.45, 7) is 3.42. The smallest absolute Gasteiger partial charge is 0.222 e. The van der Waals surface area contributed by atoms with Crippen molar-refractivity contribution in [2.45, 2.75) is 31.3 Å². The number of likely N-dealkylation sites (tertiary alicyclic amines) is 1. The zero-order valence-electron chi connectivity index (χ0n) is 9.45. The standard InChI is InChI=1S/C11H19BrN2O2/c12-4-2-1-3-11(15)14-5-9(6-14)13-10-7-16-8-10/h9-10,13H,1-8H2. The van der Waals surface area contributed by atoms with Gasteiger partial charge in [0.15, 0.2) is 0 Å². The zero-order valence-corrected chi connectivity index (χ0v) is 11.0. The Morgan fingerprint density at radius 2 is 2.06 bits per heavy atom. The van der Waals surface area contributed by atoms with Gasteiger partial charge in [0.1, 0.15) is 0 Å². The van der Waals surface area contributed by atoms with Crippen LogP contribution in [-0.4, -0.2) is 54.5 Å². The van der Waals surface area contributed by atoms with E-state index >= 15 is 0 Å². The fraction of sp³-hybridized carbons (Fsp3) is 0.909. The first kappa shape index (κ1) is 12.3. The van der Waals surface area contributed by atoms with Crippen molar-refractivity contribution in [3.05, 3.63) is 0 Å². The van der Waals surface area contributed by atoms with Crippen LogP contribution in [0.5, 0.6) is 0 Å². The van der Waals surface area contributed by atoms with E-state index in [1.165, 1.54) is 0 Å². The average Bonchev–Trinajstić information content (AvgIpc) is 2.13. The lowest BCUT2D eigenvalue weighted by atomic mass is 10.1. The summed E-state index contributed by atoms with van der Waals surface area (Å²) in [7, 11) is 0. The summed E-state index contributed by atoms with van der Waals surface area (Å²) in [4.78, 5) is 13.6. The van der Waals surface area contributed by atoms with Gasteiger partial charge in [0.25, 0.3) is 0 Å². The Hall–Kier alpha value is -0.130. The van der Waals surface area contributed by atoms with Gasteiger partial charge >= 0.3 is 0 Å². The lowest BCUT2D eigenvalue weighted by Crippen LogP contribution is -2.64. The fourth-order valence-corrected chi connectivity index (χ4v) is 2.38. The number of nitrogens with one attached hydrogen (secondary N) is 1. The minimum Gasteiger partial charge on any atom is -0.378 e. The molecule has 16 heavy (non-hydrogen) atoms. The molecule has 2 aliphatic heterocycles. The first-order valence-electron chi connectivity index (χ1n) is 5.97. The lowest BCUT2D eigenvalue weighted by Gasteiger charge is -2.43. The molecule has 2 heterocycles. The van der Waals surface area contributed by atoms with Crippen molar-refractivity contribution in [1.82, 2.24) is 10.2 Å². The molecule has 4 nitrogen and oxygen atoms in total. The van der Waals surface area contributed by atoms with Crippen molar-refractivity contribution < 1.29 is 9.53 Å². The molecule has 1 N–H and O–H groups in total. The highest BCUT2D eigenvalue weighted by Gasteiger charge is 2.32. The van der Waals surface area contributed by atoms with E-state index in [9.17, 15) is 4.79 Å². The quantitative estimate of drug-likeness (QED) is 0.580. The molecule has 0 saturated carbocycles. The van der Waals surface area contributed by atoms with Crippen molar-refractivity contribution in [3.8, 4) is 0 Å². The van der Waals surface area contributed by atoms with E-state index in [1.54, 1.807) is 0 Å². The molecule has 2 saturated heterocycles. The highest BCUT2D eigenvalue weighted by molar-refractivity contribution is 9.09. The first-order chi connectivity index (χ1) is 7.79. The van der Waals surface area contributed by atoms with Crippen LogP contribution in [0.3, 0.4) is 0 Å². The Labute approximate surface area is 105 Å². The van der Waals surface area contributed by atoms with E-state index in [1.807, 2.05) is 4.90 Å². The number of unbranched alkanes of at least 4 members (excludes halogenated alkanes) is 1. The van der Waals surface area contributed by atoms with Crippen LogP contribution in [0.4, 0.5) is 0 Å². The predicted molar refractivity (Wildman–Crippen MR) is 65.8 cm³/mol. The molecular weight excluding hydrogens is 272 g/mol. The second kappa shape index (κ2) is 5.98. The number of carbonyl (C=O) groups excluding carboxylic acids is 1. The summed E-state index contributed by atoms with van der Waals surface area (Å²) in [5.74, 6) is 0.309. The number of ether oxygens (including phenoxy) is 1. The van der Waals surface area contributed by atoms with Gasteiger partial charge in [-0.2, -0.15) is 0 Å². The van der Waals surface area contributed by atoms with E-state index in [0.717, 1.165) is 44.5 Å². The van der Waals surface area contributed by atoms with Crippen LogP contribution in [0.15, 0.2) is 0 Å². The molecule has 1 amide bonds. The number of amides is 1. The van der Waals surface area contributed by atoms with Gasteiger partial charge in [0.2, 0.25) is 5.91 Å². The fourth-order valence-electron chi connectivity index (χ4n) is 1.98. The van der Waals surface area contributed by atoms with E-state index in [-0.39, 0.29) is 0 Å². The molecular formula is C11H19BrN2O2. The van der Waals surface area contributed by atoms with Crippen molar-refractivity contribution in [1.29, 1.82) is 0 Å². The van der Waals surface area contributed by atoms with E-state index in [4.69, 9.17) is 4.74 Å². The molecule has 2 aliphatic rings. The van der Waals surface area contributed by atoms with Gasteiger partial charge in [-0.1, -0.05) is 15.9 Å². The number of alkyl halides is 1. The number of halogens is 1. The molecule has 0 spiro atoms. The molecule has 0 aromatic heterocycles. The van der Waals surface area contributed by atoms with Crippen molar-refractivity contribution in [3.63, 3.8) is 0 Å². The third-order valence-electron chi connectivity index (χ3n) is 3.12. The van der Waals surface area contributed by atoms with Gasteiger partial charge in [0, 0.05) is 30.9 Å². The van der Waals surface area contributed by atoms with Crippen LogP contribution >= 0.6 is 15.9 Å². The van der Waals surface area contributed by atoms with Gasteiger partial charge in [-0.05, 0) is 12.8 Å². The number of rotatable bonds is 6. The summed E-state index contributed by atoms with van der Waals surface area (Å²) in [5.41, 5.74) is 0. The maximum Gasteiger partial charge on any atom is 0.222 e. The number of hydrogen-bond donors (Lipinski definition) is 1. The third-order valence-corrected chi connectivity index (χ3v) is 3.68. The van der Waals surface area contributed by atoms with Crippen LogP contribution in [0.25, 0.3) is 0 Å². The summed E-state index contributed by atoms with van der Waals surface area (Å²) < 4.78 is 5.10.